The highest BCUT2D eigenvalue weighted by atomic mass is 35.5. The van der Waals surface area contributed by atoms with Crippen LogP contribution in [0.3, 0.4) is 0 Å². The average Bonchev–Trinajstić information content (AvgIpc) is 2.47. The van der Waals surface area contributed by atoms with Gasteiger partial charge in [-0.05, 0) is 37.1 Å². The van der Waals surface area contributed by atoms with Gasteiger partial charge in [0.2, 0.25) is 0 Å². The molecule has 0 amide bonds. The topological polar surface area (TPSA) is 44.5 Å². The van der Waals surface area contributed by atoms with E-state index in [2.05, 4.69) is 19.1 Å². The summed E-state index contributed by atoms with van der Waals surface area (Å²) in [6.07, 6.45) is 0.694. The Bertz CT molecular complexity index is 614. The minimum absolute atomic E-state index is 0.488. The molecule has 0 spiro atoms. The molecule has 0 atom stereocenters. The summed E-state index contributed by atoms with van der Waals surface area (Å²) in [4.78, 5) is 0. The Balaban J connectivity index is 2.27. The number of ether oxygens (including phenoxy) is 2. The van der Waals surface area contributed by atoms with Crippen LogP contribution in [0.1, 0.15) is 16.7 Å². The highest BCUT2D eigenvalue weighted by Crippen LogP contribution is 2.35. The molecule has 2 aromatic rings. The quantitative estimate of drug-likeness (QED) is 0.884. The van der Waals surface area contributed by atoms with Gasteiger partial charge in [0.15, 0.2) is 11.5 Å². The van der Waals surface area contributed by atoms with E-state index < -0.39 is 0 Å². The molecule has 0 saturated heterocycles. The van der Waals surface area contributed by atoms with E-state index in [4.69, 9.17) is 26.8 Å². The number of hydrogen-bond donors (Lipinski definition) is 1. The van der Waals surface area contributed by atoms with Gasteiger partial charge in [-0.25, -0.2) is 0 Å². The maximum absolute atomic E-state index is 6.10. The Labute approximate surface area is 130 Å². The van der Waals surface area contributed by atoms with Crippen molar-refractivity contribution in [3.8, 4) is 11.5 Å². The van der Waals surface area contributed by atoms with E-state index in [0.29, 0.717) is 30.3 Å². The largest absolute Gasteiger partial charge is 0.493 e. The minimum atomic E-state index is 0.488. The minimum Gasteiger partial charge on any atom is -0.493 e. The van der Waals surface area contributed by atoms with Crippen LogP contribution >= 0.6 is 11.6 Å². The van der Waals surface area contributed by atoms with Crippen molar-refractivity contribution >= 4 is 11.6 Å². The highest BCUT2D eigenvalue weighted by molar-refractivity contribution is 6.30. The summed E-state index contributed by atoms with van der Waals surface area (Å²) in [6, 6.07) is 11.8. The van der Waals surface area contributed by atoms with E-state index in [1.165, 1.54) is 5.56 Å². The molecule has 2 N–H and O–H groups in total. The molecule has 0 heterocycles. The van der Waals surface area contributed by atoms with Crippen molar-refractivity contribution in [2.24, 2.45) is 5.73 Å². The average molecular weight is 306 g/mol. The predicted molar refractivity (Wildman–Crippen MR) is 86.3 cm³/mol. The van der Waals surface area contributed by atoms with E-state index in [1.54, 1.807) is 13.2 Å². The predicted octanol–water partition coefficient (Wildman–Crippen LogP) is 3.74. The van der Waals surface area contributed by atoms with Crippen LogP contribution in [-0.2, 0) is 13.0 Å². The van der Waals surface area contributed by atoms with Gasteiger partial charge in [-0.15, -0.1) is 0 Å². The zero-order chi connectivity index (χ0) is 15.2. The van der Waals surface area contributed by atoms with E-state index in [1.807, 2.05) is 18.2 Å². The van der Waals surface area contributed by atoms with E-state index in [9.17, 15) is 0 Å². The van der Waals surface area contributed by atoms with Crippen LogP contribution in [0.2, 0.25) is 5.02 Å². The van der Waals surface area contributed by atoms with Gasteiger partial charge in [0.05, 0.1) is 7.11 Å². The Morgan fingerprint density at radius 1 is 1.14 bits per heavy atom. The van der Waals surface area contributed by atoms with Gasteiger partial charge < -0.3 is 15.2 Å². The lowest BCUT2D eigenvalue weighted by Gasteiger charge is -2.16. The molecule has 0 fully saturated rings. The summed E-state index contributed by atoms with van der Waals surface area (Å²) in [6.45, 7) is 3.09. The van der Waals surface area contributed by atoms with Crippen molar-refractivity contribution in [3.05, 3.63) is 58.1 Å². The van der Waals surface area contributed by atoms with Crippen LogP contribution < -0.4 is 15.2 Å². The van der Waals surface area contributed by atoms with Gasteiger partial charge in [-0.1, -0.05) is 35.9 Å². The summed E-state index contributed by atoms with van der Waals surface area (Å²) in [5.41, 5.74) is 8.98. The molecule has 0 radical (unpaired) electrons. The number of methoxy groups -OCH3 is 1. The molecule has 2 aromatic carbocycles. The third kappa shape index (κ3) is 3.90. The number of halogens is 1. The zero-order valence-electron chi connectivity index (χ0n) is 12.4. The molecule has 0 aromatic heterocycles. The van der Waals surface area contributed by atoms with Crippen LogP contribution in [0.15, 0.2) is 36.4 Å². The van der Waals surface area contributed by atoms with Gasteiger partial charge in [0.1, 0.15) is 6.61 Å². The fraction of sp³-hybridized carbons (Fsp3) is 0.294. The molecule has 0 aliphatic carbocycles. The van der Waals surface area contributed by atoms with Crippen LogP contribution in [0.5, 0.6) is 11.5 Å². The summed E-state index contributed by atoms with van der Waals surface area (Å²) in [5, 5.41) is 0.624. The molecular formula is C17H20ClNO2. The maximum Gasteiger partial charge on any atom is 0.164 e. The number of rotatable bonds is 6. The zero-order valence-corrected chi connectivity index (χ0v) is 13.1. The van der Waals surface area contributed by atoms with Gasteiger partial charge in [-0.3, -0.25) is 0 Å². The highest BCUT2D eigenvalue weighted by Gasteiger charge is 2.13. The van der Waals surface area contributed by atoms with Crippen LogP contribution in [0.25, 0.3) is 0 Å². The fourth-order valence-electron chi connectivity index (χ4n) is 2.20. The first-order chi connectivity index (χ1) is 10.2. The van der Waals surface area contributed by atoms with Crippen molar-refractivity contribution in [2.75, 3.05) is 13.7 Å². The third-order valence-corrected chi connectivity index (χ3v) is 3.58. The lowest BCUT2D eigenvalue weighted by atomic mass is 10.1. The molecule has 0 aliphatic rings. The van der Waals surface area contributed by atoms with E-state index in [-0.39, 0.29) is 0 Å². The van der Waals surface area contributed by atoms with Crippen LogP contribution in [-0.4, -0.2) is 13.7 Å². The lowest BCUT2D eigenvalue weighted by molar-refractivity contribution is 0.281. The second kappa shape index (κ2) is 7.34. The Morgan fingerprint density at radius 3 is 2.57 bits per heavy atom. The molecule has 3 nitrogen and oxygen atoms in total. The van der Waals surface area contributed by atoms with Crippen molar-refractivity contribution < 1.29 is 9.47 Å². The van der Waals surface area contributed by atoms with Gasteiger partial charge in [-0.2, -0.15) is 0 Å². The molecule has 21 heavy (non-hydrogen) atoms. The number of nitrogens with two attached hydrogens (primary N) is 1. The summed E-state index contributed by atoms with van der Waals surface area (Å²) in [5.74, 6) is 1.36. The Hall–Kier alpha value is -1.71. The number of benzene rings is 2. The number of hydrogen-bond acceptors (Lipinski definition) is 3. The molecule has 112 valence electrons. The SMILES string of the molecule is COc1cc(Cl)cc(CCN)c1OCc1ccccc1C. The normalized spacial score (nSPS) is 10.5. The molecule has 4 heteroatoms. The van der Waals surface area contributed by atoms with Crippen LogP contribution in [0, 0.1) is 6.92 Å². The fourth-order valence-corrected chi connectivity index (χ4v) is 2.43. The molecule has 0 aliphatic heterocycles. The molecule has 0 unspecified atom stereocenters. The second-order valence-corrected chi connectivity index (χ2v) is 5.29. The first kappa shape index (κ1) is 15.7. The van der Waals surface area contributed by atoms with Gasteiger partial charge in [0.25, 0.3) is 0 Å². The van der Waals surface area contributed by atoms with Crippen molar-refractivity contribution in [1.82, 2.24) is 0 Å². The van der Waals surface area contributed by atoms with E-state index >= 15 is 0 Å². The van der Waals surface area contributed by atoms with Crippen molar-refractivity contribution in [2.45, 2.75) is 20.0 Å². The summed E-state index contributed by atoms with van der Waals surface area (Å²) < 4.78 is 11.4. The number of aryl methyl sites for hydroxylation is 1. The smallest absolute Gasteiger partial charge is 0.164 e. The standard InChI is InChI=1S/C17H20ClNO2/c1-12-5-3-4-6-14(12)11-21-17-13(7-8-19)9-15(18)10-16(17)20-2/h3-6,9-10H,7-8,11,19H2,1-2H3. The van der Waals surface area contributed by atoms with E-state index in [0.717, 1.165) is 16.9 Å². The van der Waals surface area contributed by atoms with Gasteiger partial charge >= 0.3 is 0 Å². The van der Waals surface area contributed by atoms with Gasteiger partial charge in [0, 0.05) is 16.7 Å². The lowest BCUT2D eigenvalue weighted by Crippen LogP contribution is -2.07. The first-order valence-corrected chi connectivity index (χ1v) is 7.27. The van der Waals surface area contributed by atoms with Crippen molar-refractivity contribution in [3.63, 3.8) is 0 Å². The van der Waals surface area contributed by atoms with Crippen LogP contribution in [0.4, 0.5) is 0 Å². The van der Waals surface area contributed by atoms with Crippen molar-refractivity contribution in [1.29, 1.82) is 0 Å². The second-order valence-electron chi connectivity index (χ2n) is 4.85. The molecular weight excluding hydrogens is 286 g/mol. The Morgan fingerprint density at radius 2 is 1.90 bits per heavy atom. The molecule has 0 bridgehead atoms. The third-order valence-electron chi connectivity index (χ3n) is 3.36. The molecule has 2 rings (SSSR count). The maximum atomic E-state index is 6.10. The monoisotopic (exact) mass is 305 g/mol. The first-order valence-electron chi connectivity index (χ1n) is 6.89. The Kier molecular flexibility index (Phi) is 5.48. The summed E-state index contributed by atoms with van der Waals surface area (Å²) >= 11 is 6.10. The summed E-state index contributed by atoms with van der Waals surface area (Å²) in [7, 11) is 1.61. The molecule has 0 saturated carbocycles.